The van der Waals surface area contributed by atoms with Crippen LogP contribution in [0.5, 0.6) is 0 Å². The second-order valence-corrected chi connectivity index (χ2v) is 5.34. The van der Waals surface area contributed by atoms with Crippen LogP contribution in [0.2, 0.25) is 0 Å². The second kappa shape index (κ2) is 5.63. The molecule has 4 nitrogen and oxygen atoms in total. The number of halogens is 1. The molecule has 0 atom stereocenters. The first-order chi connectivity index (χ1) is 8.58. The van der Waals surface area contributed by atoms with Crippen LogP contribution in [-0.2, 0) is 13.6 Å². The quantitative estimate of drug-likeness (QED) is 0.944. The Kier molecular flexibility index (Phi) is 4.14. The first kappa shape index (κ1) is 13.2. The molecule has 0 saturated heterocycles. The molecule has 18 heavy (non-hydrogen) atoms. The van der Waals surface area contributed by atoms with Crippen molar-refractivity contribution in [3.63, 3.8) is 0 Å². The van der Waals surface area contributed by atoms with Crippen molar-refractivity contribution in [2.45, 2.75) is 26.4 Å². The molecule has 2 aromatic rings. The maximum atomic E-state index is 3.99. The van der Waals surface area contributed by atoms with E-state index in [-0.39, 0.29) is 0 Å². The van der Waals surface area contributed by atoms with E-state index < -0.39 is 0 Å². The van der Waals surface area contributed by atoms with Crippen LogP contribution < -0.4 is 5.32 Å². The third-order valence-corrected chi connectivity index (χ3v) is 3.26. The highest BCUT2D eigenvalue weighted by Crippen LogP contribution is 2.25. The minimum absolute atomic E-state index is 0.500. The fourth-order valence-corrected chi connectivity index (χ4v) is 2.30. The average molecular weight is 309 g/mol. The number of rotatable bonds is 4. The number of nitrogens with zero attached hydrogens (tertiary/aromatic N) is 3. The van der Waals surface area contributed by atoms with Gasteiger partial charge >= 0.3 is 0 Å². The van der Waals surface area contributed by atoms with Crippen LogP contribution in [0.15, 0.2) is 28.9 Å². The van der Waals surface area contributed by atoms with E-state index in [1.165, 1.54) is 5.56 Å². The van der Waals surface area contributed by atoms with Crippen LogP contribution in [0, 0.1) is 0 Å². The average Bonchev–Trinajstić information content (AvgIpc) is 2.67. The zero-order valence-electron chi connectivity index (χ0n) is 10.8. The highest BCUT2D eigenvalue weighted by molar-refractivity contribution is 9.10. The van der Waals surface area contributed by atoms with E-state index in [0.717, 1.165) is 22.4 Å². The highest BCUT2D eigenvalue weighted by atomic mass is 79.9. The van der Waals surface area contributed by atoms with E-state index in [0.29, 0.717) is 6.04 Å². The maximum absolute atomic E-state index is 3.99. The summed E-state index contributed by atoms with van der Waals surface area (Å²) in [5, 5.41) is 11.4. The number of hydrogen-bond donors (Lipinski definition) is 1. The summed E-state index contributed by atoms with van der Waals surface area (Å²) in [6.07, 6.45) is 0. The summed E-state index contributed by atoms with van der Waals surface area (Å²) in [5.74, 6) is 0. The normalized spacial score (nSPS) is 11.2. The molecule has 0 aliphatic heterocycles. The maximum Gasteiger partial charge on any atom is 0.156 e. The number of aryl methyl sites for hydroxylation is 1. The topological polar surface area (TPSA) is 42.7 Å². The lowest BCUT2D eigenvalue weighted by Crippen LogP contribution is -2.21. The molecule has 96 valence electrons. The molecule has 0 spiro atoms. The Bertz CT molecular complexity index is 497. The highest BCUT2D eigenvalue weighted by Gasteiger charge is 2.09. The Labute approximate surface area is 116 Å². The molecule has 5 heteroatoms. The van der Waals surface area contributed by atoms with Gasteiger partial charge in [-0.05, 0) is 21.5 Å². The van der Waals surface area contributed by atoms with Gasteiger partial charge in [0.15, 0.2) is 4.60 Å². The number of nitrogens with one attached hydrogen (secondary N) is 1. The van der Waals surface area contributed by atoms with Crippen molar-refractivity contribution in [3.05, 3.63) is 34.4 Å². The van der Waals surface area contributed by atoms with Gasteiger partial charge in [0.1, 0.15) is 5.69 Å². The molecule has 0 radical (unpaired) electrons. The lowest BCUT2D eigenvalue weighted by Gasteiger charge is -2.08. The standard InChI is InChI=1S/C13H17BrN4/c1-9(2)15-8-10-4-6-11(7-5-10)12-13(14)16-17-18(12)3/h4-7,9,15H,8H2,1-3H3. The SMILES string of the molecule is CC(C)NCc1ccc(-c2c(Br)nnn2C)cc1. The van der Waals surface area contributed by atoms with Gasteiger partial charge in [-0.25, -0.2) is 4.68 Å². The summed E-state index contributed by atoms with van der Waals surface area (Å²) < 4.78 is 2.55. The van der Waals surface area contributed by atoms with E-state index in [2.05, 4.69) is 69.7 Å². The van der Waals surface area contributed by atoms with Gasteiger partial charge in [0, 0.05) is 25.2 Å². The Morgan fingerprint density at radius 2 is 1.94 bits per heavy atom. The molecule has 0 aliphatic carbocycles. The van der Waals surface area contributed by atoms with Gasteiger partial charge in [-0.2, -0.15) is 0 Å². The molecular formula is C13H17BrN4. The third-order valence-electron chi connectivity index (χ3n) is 2.73. The van der Waals surface area contributed by atoms with Crippen molar-refractivity contribution < 1.29 is 0 Å². The largest absolute Gasteiger partial charge is 0.310 e. The number of hydrogen-bond acceptors (Lipinski definition) is 3. The van der Waals surface area contributed by atoms with Crippen LogP contribution in [0.25, 0.3) is 11.3 Å². The van der Waals surface area contributed by atoms with E-state index in [1.807, 2.05) is 7.05 Å². The van der Waals surface area contributed by atoms with E-state index in [4.69, 9.17) is 0 Å². The lowest BCUT2D eigenvalue weighted by atomic mass is 10.1. The first-order valence-electron chi connectivity index (χ1n) is 5.96. The van der Waals surface area contributed by atoms with Crippen molar-refractivity contribution in [2.24, 2.45) is 7.05 Å². The second-order valence-electron chi connectivity index (χ2n) is 4.58. The van der Waals surface area contributed by atoms with Crippen molar-refractivity contribution in [1.82, 2.24) is 20.3 Å². The van der Waals surface area contributed by atoms with Crippen LogP contribution in [0.4, 0.5) is 0 Å². The smallest absolute Gasteiger partial charge is 0.156 e. The van der Waals surface area contributed by atoms with Crippen molar-refractivity contribution in [1.29, 1.82) is 0 Å². The summed E-state index contributed by atoms with van der Waals surface area (Å²) in [4.78, 5) is 0. The molecule has 2 rings (SSSR count). The molecule has 1 aromatic heterocycles. The van der Waals surface area contributed by atoms with E-state index >= 15 is 0 Å². The Morgan fingerprint density at radius 3 is 2.44 bits per heavy atom. The predicted octanol–water partition coefficient (Wildman–Crippen LogP) is 2.74. The van der Waals surface area contributed by atoms with Crippen LogP contribution in [-0.4, -0.2) is 21.0 Å². The summed E-state index contributed by atoms with van der Waals surface area (Å²) in [6, 6.07) is 8.95. The predicted molar refractivity (Wildman–Crippen MR) is 76.1 cm³/mol. The van der Waals surface area contributed by atoms with Gasteiger partial charge in [-0.1, -0.05) is 43.3 Å². The molecule has 1 aromatic carbocycles. The van der Waals surface area contributed by atoms with E-state index in [9.17, 15) is 0 Å². The van der Waals surface area contributed by atoms with E-state index in [1.54, 1.807) is 4.68 Å². The zero-order valence-corrected chi connectivity index (χ0v) is 12.4. The third kappa shape index (κ3) is 2.97. The monoisotopic (exact) mass is 308 g/mol. The molecule has 0 aliphatic rings. The van der Waals surface area contributed by atoms with Crippen LogP contribution >= 0.6 is 15.9 Å². The molecular weight excluding hydrogens is 292 g/mol. The first-order valence-corrected chi connectivity index (χ1v) is 6.75. The van der Waals surface area contributed by atoms with Crippen LogP contribution in [0.3, 0.4) is 0 Å². The number of benzene rings is 1. The molecule has 1 heterocycles. The van der Waals surface area contributed by atoms with Gasteiger partial charge in [0.2, 0.25) is 0 Å². The lowest BCUT2D eigenvalue weighted by molar-refractivity contribution is 0.589. The molecule has 1 N–H and O–H groups in total. The van der Waals surface area contributed by atoms with Crippen molar-refractivity contribution >= 4 is 15.9 Å². The minimum atomic E-state index is 0.500. The molecule has 0 unspecified atom stereocenters. The van der Waals surface area contributed by atoms with Crippen LogP contribution in [0.1, 0.15) is 19.4 Å². The zero-order chi connectivity index (χ0) is 13.1. The molecule has 0 bridgehead atoms. The Balaban J connectivity index is 2.17. The van der Waals surface area contributed by atoms with Crippen molar-refractivity contribution in [2.75, 3.05) is 0 Å². The summed E-state index contributed by atoms with van der Waals surface area (Å²) in [5.41, 5.74) is 3.39. The molecule has 0 amide bonds. The molecule has 0 fully saturated rings. The fourth-order valence-electron chi connectivity index (χ4n) is 1.74. The van der Waals surface area contributed by atoms with Crippen molar-refractivity contribution in [3.8, 4) is 11.3 Å². The summed E-state index contributed by atoms with van der Waals surface area (Å²) in [6.45, 7) is 5.18. The van der Waals surface area contributed by atoms with Gasteiger partial charge in [-0.15, -0.1) is 5.10 Å². The van der Waals surface area contributed by atoms with Gasteiger partial charge < -0.3 is 5.32 Å². The summed E-state index contributed by atoms with van der Waals surface area (Å²) >= 11 is 3.42. The Morgan fingerprint density at radius 1 is 1.28 bits per heavy atom. The van der Waals surface area contributed by atoms with Gasteiger partial charge in [0.05, 0.1) is 0 Å². The Hall–Kier alpha value is -1.20. The van der Waals surface area contributed by atoms with Gasteiger partial charge in [-0.3, -0.25) is 0 Å². The fraction of sp³-hybridized carbons (Fsp3) is 0.385. The minimum Gasteiger partial charge on any atom is -0.310 e. The van der Waals surface area contributed by atoms with Gasteiger partial charge in [0.25, 0.3) is 0 Å². The molecule has 0 saturated carbocycles. The number of aromatic nitrogens is 3. The summed E-state index contributed by atoms with van der Waals surface area (Å²) in [7, 11) is 1.89.